The molecule has 2 aliphatic heterocycles. The molecule has 1 unspecified atom stereocenters. The highest BCUT2D eigenvalue weighted by molar-refractivity contribution is 8.18. The lowest BCUT2D eigenvalue weighted by molar-refractivity contribution is -0.135. The lowest BCUT2D eigenvalue weighted by Crippen LogP contribution is -2.42. The number of carbonyl (C=O) groups excluding carboxylic acids is 3. The zero-order valence-corrected chi connectivity index (χ0v) is 17.9. The van der Waals surface area contributed by atoms with Crippen molar-refractivity contribution < 1.29 is 19.1 Å². The van der Waals surface area contributed by atoms with E-state index in [0.717, 1.165) is 60.1 Å². The summed E-state index contributed by atoms with van der Waals surface area (Å²) in [6.07, 6.45) is 6.94. The minimum atomic E-state index is -0.400. The number of imide groups is 1. The highest BCUT2D eigenvalue weighted by atomic mass is 32.2. The predicted octanol–water partition coefficient (Wildman–Crippen LogP) is 4.30. The Kier molecular flexibility index (Phi) is 7.36. The van der Waals surface area contributed by atoms with Gasteiger partial charge in [0.2, 0.25) is 5.91 Å². The van der Waals surface area contributed by atoms with E-state index in [-0.39, 0.29) is 23.8 Å². The van der Waals surface area contributed by atoms with Crippen LogP contribution in [0.4, 0.5) is 4.79 Å². The number of nitrogens with zero attached hydrogens (tertiary/aromatic N) is 2. The maximum absolute atomic E-state index is 12.7. The average Bonchev–Trinajstić information content (AvgIpc) is 2.91. The molecule has 2 heterocycles. The number of hydrogen-bond donors (Lipinski definition) is 0. The number of ether oxygens (including phenoxy) is 1. The van der Waals surface area contributed by atoms with Crippen molar-refractivity contribution >= 4 is 34.9 Å². The molecule has 1 aromatic rings. The van der Waals surface area contributed by atoms with Crippen molar-refractivity contribution in [3.8, 4) is 5.75 Å². The monoisotopic (exact) mass is 416 g/mol. The Labute approximate surface area is 176 Å². The highest BCUT2D eigenvalue weighted by Gasteiger charge is 2.37. The molecule has 156 valence electrons. The Balaban J connectivity index is 1.64. The first kappa shape index (κ1) is 21.4. The van der Waals surface area contributed by atoms with E-state index in [0.29, 0.717) is 18.0 Å². The highest BCUT2D eigenvalue weighted by Crippen LogP contribution is 2.32. The minimum absolute atomic E-state index is 0.138. The molecular weight excluding hydrogens is 388 g/mol. The molecule has 1 aromatic carbocycles. The molecule has 0 radical (unpaired) electrons. The molecule has 3 rings (SSSR count). The molecule has 29 heavy (non-hydrogen) atoms. The summed E-state index contributed by atoms with van der Waals surface area (Å²) in [5, 5.41) is -0.388. The largest absolute Gasteiger partial charge is 0.491 e. The molecule has 0 aliphatic carbocycles. The van der Waals surface area contributed by atoms with Crippen LogP contribution < -0.4 is 4.74 Å². The standard InChI is InChI=1S/C22H28N2O4S/c1-3-16(2)28-18-10-8-17(9-11-18)14-19-21(26)24(22(27)29-19)15-20(25)23-12-6-4-5-7-13-23/h8-11,14,16H,3-7,12-13,15H2,1-2H3. The molecule has 2 aliphatic rings. The molecule has 0 saturated carbocycles. The van der Waals surface area contributed by atoms with E-state index in [1.54, 1.807) is 11.0 Å². The normalized spacial score (nSPS) is 20.1. The summed E-state index contributed by atoms with van der Waals surface area (Å²) in [6, 6.07) is 7.42. The second-order valence-corrected chi connectivity index (χ2v) is 8.46. The molecule has 0 N–H and O–H groups in total. The van der Waals surface area contributed by atoms with E-state index in [9.17, 15) is 14.4 Å². The molecule has 3 amide bonds. The van der Waals surface area contributed by atoms with Crippen LogP contribution in [0.1, 0.15) is 51.5 Å². The summed E-state index contributed by atoms with van der Waals surface area (Å²) in [6.45, 7) is 5.30. The van der Waals surface area contributed by atoms with Gasteiger partial charge in [-0.25, -0.2) is 0 Å². The van der Waals surface area contributed by atoms with E-state index < -0.39 is 5.91 Å². The van der Waals surface area contributed by atoms with Gasteiger partial charge in [0.15, 0.2) is 0 Å². The lowest BCUT2D eigenvalue weighted by atomic mass is 10.2. The first-order valence-electron chi connectivity index (χ1n) is 10.3. The Morgan fingerprint density at radius 2 is 1.79 bits per heavy atom. The topological polar surface area (TPSA) is 66.9 Å². The van der Waals surface area contributed by atoms with Crippen LogP contribution in [0.3, 0.4) is 0 Å². The summed E-state index contributed by atoms with van der Waals surface area (Å²) >= 11 is 0.884. The molecule has 0 bridgehead atoms. The van der Waals surface area contributed by atoms with Crippen LogP contribution in [0, 0.1) is 0 Å². The van der Waals surface area contributed by atoms with Gasteiger partial charge < -0.3 is 9.64 Å². The SMILES string of the molecule is CCC(C)Oc1ccc(C=C2SC(=O)N(CC(=O)N3CCCCCC3)C2=O)cc1. The summed E-state index contributed by atoms with van der Waals surface area (Å²) < 4.78 is 5.76. The third-order valence-electron chi connectivity index (χ3n) is 5.22. The van der Waals surface area contributed by atoms with Crippen molar-refractivity contribution in [1.82, 2.24) is 9.80 Å². The van der Waals surface area contributed by atoms with Crippen molar-refractivity contribution in [3.05, 3.63) is 34.7 Å². The Hall–Kier alpha value is -2.28. The van der Waals surface area contributed by atoms with Gasteiger partial charge in [0.1, 0.15) is 12.3 Å². The molecule has 0 spiro atoms. The molecule has 2 fully saturated rings. The average molecular weight is 417 g/mol. The molecule has 1 atom stereocenters. The second-order valence-electron chi connectivity index (χ2n) is 7.47. The van der Waals surface area contributed by atoms with E-state index in [1.165, 1.54) is 0 Å². The second kappa shape index (κ2) is 9.96. The first-order chi connectivity index (χ1) is 14.0. The van der Waals surface area contributed by atoms with Gasteiger partial charge in [-0.15, -0.1) is 0 Å². The number of thioether (sulfide) groups is 1. The number of amides is 3. The molecule has 0 aromatic heterocycles. The van der Waals surface area contributed by atoms with Crippen LogP contribution >= 0.6 is 11.8 Å². The van der Waals surface area contributed by atoms with E-state index in [1.807, 2.05) is 31.2 Å². The number of rotatable bonds is 6. The zero-order chi connectivity index (χ0) is 20.8. The fourth-order valence-electron chi connectivity index (χ4n) is 3.30. The molecule has 7 heteroatoms. The fraction of sp³-hybridized carbons (Fsp3) is 0.500. The third-order valence-corrected chi connectivity index (χ3v) is 6.12. The van der Waals surface area contributed by atoms with Gasteiger partial charge in [0, 0.05) is 13.1 Å². The summed E-state index contributed by atoms with van der Waals surface area (Å²) in [4.78, 5) is 40.7. The maximum atomic E-state index is 12.7. The van der Waals surface area contributed by atoms with Gasteiger partial charge >= 0.3 is 0 Å². The predicted molar refractivity (Wildman–Crippen MR) is 115 cm³/mol. The molecule has 6 nitrogen and oxygen atoms in total. The number of likely N-dealkylation sites (tertiary alicyclic amines) is 1. The molecular formula is C22H28N2O4S. The quantitative estimate of drug-likeness (QED) is 0.647. The van der Waals surface area contributed by atoms with E-state index >= 15 is 0 Å². The van der Waals surface area contributed by atoms with E-state index in [2.05, 4.69) is 6.92 Å². The minimum Gasteiger partial charge on any atom is -0.491 e. The summed E-state index contributed by atoms with van der Waals surface area (Å²) in [7, 11) is 0. The first-order valence-corrected chi connectivity index (χ1v) is 11.1. The van der Waals surface area contributed by atoms with Crippen molar-refractivity contribution in [1.29, 1.82) is 0 Å². The van der Waals surface area contributed by atoms with Crippen LogP contribution in [0.25, 0.3) is 6.08 Å². The van der Waals surface area contributed by atoms with Crippen molar-refractivity contribution in [2.75, 3.05) is 19.6 Å². The number of carbonyl (C=O) groups is 3. The smallest absolute Gasteiger partial charge is 0.294 e. The van der Waals surface area contributed by atoms with Crippen LogP contribution in [0.2, 0.25) is 0 Å². The summed E-state index contributed by atoms with van der Waals surface area (Å²) in [5.41, 5.74) is 0.811. The Bertz CT molecular complexity index is 783. The summed E-state index contributed by atoms with van der Waals surface area (Å²) in [5.74, 6) is 0.220. The molecule has 2 saturated heterocycles. The number of hydrogen-bond acceptors (Lipinski definition) is 5. The van der Waals surface area contributed by atoms with Crippen molar-refractivity contribution in [2.45, 2.75) is 52.1 Å². The zero-order valence-electron chi connectivity index (χ0n) is 17.1. The van der Waals surface area contributed by atoms with Crippen LogP contribution in [-0.2, 0) is 9.59 Å². The third kappa shape index (κ3) is 5.63. The van der Waals surface area contributed by atoms with Gasteiger partial charge in [-0.05, 0) is 61.7 Å². The van der Waals surface area contributed by atoms with Crippen LogP contribution in [-0.4, -0.2) is 52.6 Å². The van der Waals surface area contributed by atoms with Gasteiger partial charge in [-0.3, -0.25) is 19.3 Å². The lowest BCUT2D eigenvalue weighted by Gasteiger charge is -2.22. The van der Waals surface area contributed by atoms with Crippen molar-refractivity contribution in [3.63, 3.8) is 0 Å². The Morgan fingerprint density at radius 1 is 1.14 bits per heavy atom. The van der Waals surface area contributed by atoms with Gasteiger partial charge in [0.25, 0.3) is 11.1 Å². The van der Waals surface area contributed by atoms with Crippen molar-refractivity contribution in [2.24, 2.45) is 0 Å². The maximum Gasteiger partial charge on any atom is 0.294 e. The Morgan fingerprint density at radius 3 is 2.41 bits per heavy atom. The van der Waals surface area contributed by atoms with E-state index in [4.69, 9.17) is 4.74 Å². The van der Waals surface area contributed by atoms with Crippen LogP contribution in [0.5, 0.6) is 5.75 Å². The van der Waals surface area contributed by atoms with Gasteiger partial charge in [-0.2, -0.15) is 0 Å². The van der Waals surface area contributed by atoms with Crippen LogP contribution in [0.15, 0.2) is 29.2 Å². The van der Waals surface area contributed by atoms with Gasteiger partial charge in [-0.1, -0.05) is 31.9 Å². The number of benzene rings is 1. The fourth-order valence-corrected chi connectivity index (χ4v) is 4.14. The van der Waals surface area contributed by atoms with Gasteiger partial charge in [0.05, 0.1) is 11.0 Å².